The Hall–Kier alpha value is -1.87. The quantitative estimate of drug-likeness (QED) is 0.822. The molecule has 1 aromatic carbocycles. The smallest absolute Gasteiger partial charge is 0.0455 e. The number of fused-ring (bicyclic) bond motifs is 1. The van der Waals surface area contributed by atoms with Gasteiger partial charge in [0.1, 0.15) is 0 Å². The number of aromatic nitrogens is 1. The number of pyridine rings is 1. The predicted molar refractivity (Wildman–Crippen MR) is 115 cm³/mol. The van der Waals surface area contributed by atoms with Crippen molar-refractivity contribution in [2.45, 2.75) is 52.4 Å². The van der Waals surface area contributed by atoms with Gasteiger partial charge in [0.15, 0.2) is 0 Å². The summed E-state index contributed by atoms with van der Waals surface area (Å²) in [5, 5.41) is 3.68. The molecule has 144 valence electrons. The summed E-state index contributed by atoms with van der Waals surface area (Å²) in [4.78, 5) is 7.24. The molecule has 2 heterocycles. The van der Waals surface area contributed by atoms with Crippen LogP contribution in [0, 0.1) is 12.8 Å². The molecule has 1 N–H and O–H groups in total. The van der Waals surface area contributed by atoms with E-state index >= 15 is 0 Å². The molecule has 1 fully saturated rings. The third kappa shape index (κ3) is 3.75. The number of hydrogen-bond acceptors (Lipinski definition) is 3. The molecule has 0 spiro atoms. The molecule has 27 heavy (non-hydrogen) atoms. The maximum Gasteiger partial charge on any atom is 0.0455 e. The molecule has 3 nitrogen and oxygen atoms in total. The Bertz CT molecular complexity index is 804. The second-order valence-electron chi connectivity index (χ2n) is 8.39. The van der Waals surface area contributed by atoms with Crippen LogP contribution in [0.2, 0.25) is 0 Å². The third-order valence-electron chi connectivity index (χ3n) is 6.56. The summed E-state index contributed by atoms with van der Waals surface area (Å²) < 4.78 is 0. The number of piperidine rings is 1. The predicted octanol–water partition coefficient (Wildman–Crippen LogP) is 4.86. The fourth-order valence-corrected chi connectivity index (χ4v) is 4.89. The maximum absolute atomic E-state index is 4.79. The van der Waals surface area contributed by atoms with Crippen LogP contribution in [0.1, 0.15) is 48.6 Å². The van der Waals surface area contributed by atoms with Crippen LogP contribution in [-0.4, -0.2) is 36.6 Å². The summed E-state index contributed by atoms with van der Waals surface area (Å²) in [6.07, 6.45) is 9.45. The van der Waals surface area contributed by atoms with Gasteiger partial charge in [-0.3, -0.25) is 4.98 Å². The number of likely N-dealkylation sites (tertiary alicyclic amines) is 1. The summed E-state index contributed by atoms with van der Waals surface area (Å²) in [5.41, 5.74) is 9.83. The van der Waals surface area contributed by atoms with Crippen molar-refractivity contribution in [2.24, 2.45) is 5.92 Å². The van der Waals surface area contributed by atoms with Gasteiger partial charge in [-0.15, -0.1) is 0 Å². The molecule has 0 amide bonds. The molecular weight excluding hydrogens is 330 g/mol. The Morgan fingerprint density at radius 2 is 1.93 bits per heavy atom. The lowest BCUT2D eigenvalue weighted by atomic mass is 9.88. The fraction of sp³-hybridized carbons (Fsp3) is 0.542. The largest absolute Gasteiger partial charge is 0.385 e. The normalized spacial score (nSPS) is 17.9. The van der Waals surface area contributed by atoms with E-state index in [0.717, 1.165) is 18.9 Å². The van der Waals surface area contributed by atoms with Gasteiger partial charge < -0.3 is 10.2 Å². The van der Waals surface area contributed by atoms with Crippen LogP contribution in [0.3, 0.4) is 0 Å². The molecule has 0 saturated carbocycles. The lowest BCUT2D eigenvalue weighted by Crippen LogP contribution is -2.31. The molecule has 2 aromatic rings. The second-order valence-corrected chi connectivity index (χ2v) is 8.39. The van der Waals surface area contributed by atoms with E-state index in [1.165, 1.54) is 78.8 Å². The number of anilines is 1. The summed E-state index contributed by atoms with van der Waals surface area (Å²) in [7, 11) is 2.23. The van der Waals surface area contributed by atoms with E-state index in [9.17, 15) is 0 Å². The van der Waals surface area contributed by atoms with Gasteiger partial charge in [0.2, 0.25) is 0 Å². The fourth-order valence-electron chi connectivity index (χ4n) is 4.89. The lowest BCUT2D eigenvalue weighted by molar-refractivity contribution is 0.218. The van der Waals surface area contributed by atoms with Gasteiger partial charge in [0.25, 0.3) is 0 Å². The highest BCUT2D eigenvalue weighted by molar-refractivity contribution is 5.83. The van der Waals surface area contributed by atoms with Gasteiger partial charge >= 0.3 is 0 Å². The zero-order valence-electron chi connectivity index (χ0n) is 17.1. The first kappa shape index (κ1) is 18.5. The molecule has 0 radical (unpaired) electrons. The molecule has 1 aliphatic heterocycles. The summed E-state index contributed by atoms with van der Waals surface area (Å²) in [5.74, 6) is 0.774. The van der Waals surface area contributed by atoms with Gasteiger partial charge in [-0.2, -0.15) is 0 Å². The van der Waals surface area contributed by atoms with Crippen LogP contribution in [0.4, 0.5) is 5.69 Å². The van der Waals surface area contributed by atoms with E-state index < -0.39 is 0 Å². The minimum atomic E-state index is 0.774. The average Bonchev–Trinajstić information content (AvgIpc) is 3.15. The van der Waals surface area contributed by atoms with E-state index in [4.69, 9.17) is 4.98 Å². The minimum absolute atomic E-state index is 0.774. The number of nitrogens with zero attached hydrogens (tertiary/aromatic N) is 2. The highest BCUT2D eigenvalue weighted by Crippen LogP contribution is 2.39. The maximum atomic E-state index is 4.79. The van der Waals surface area contributed by atoms with E-state index in [-0.39, 0.29) is 0 Å². The van der Waals surface area contributed by atoms with Crippen LogP contribution in [0.5, 0.6) is 0 Å². The first-order chi connectivity index (χ1) is 13.2. The van der Waals surface area contributed by atoms with Crippen molar-refractivity contribution in [3.05, 3.63) is 46.8 Å². The molecule has 1 aliphatic carbocycles. The highest BCUT2D eigenvalue weighted by Gasteiger charge is 2.22. The van der Waals surface area contributed by atoms with Crippen LogP contribution in [0.25, 0.3) is 11.1 Å². The topological polar surface area (TPSA) is 28.2 Å². The van der Waals surface area contributed by atoms with Crippen molar-refractivity contribution in [1.82, 2.24) is 9.88 Å². The second kappa shape index (κ2) is 8.02. The molecule has 0 bridgehead atoms. The van der Waals surface area contributed by atoms with Gasteiger partial charge in [0, 0.05) is 29.7 Å². The monoisotopic (exact) mass is 363 g/mol. The number of aryl methyl sites for hydroxylation is 1. The zero-order valence-corrected chi connectivity index (χ0v) is 17.1. The Kier molecular flexibility index (Phi) is 5.49. The van der Waals surface area contributed by atoms with Crippen molar-refractivity contribution in [3.63, 3.8) is 0 Å². The summed E-state index contributed by atoms with van der Waals surface area (Å²) >= 11 is 0. The van der Waals surface area contributed by atoms with Gasteiger partial charge in [-0.25, -0.2) is 0 Å². The summed E-state index contributed by atoms with van der Waals surface area (Å²) in [6.45, 7) is 7.88. The molecule has 4 rings (SSSR count). The third-order valence-corrected chi connectivity index (χ3v) is 6.56. The standard InChI is InChI=1S/C24H33N3/c1-4-25-24-21-7-5-6-19(21)8-9-22(24)20-10-13-26-23(17(20)2)16-18-11-14-27(3)15-12-18/h8-10,13,18,25H,4-7,11-12,14-16H2,1-3H3. The van der Waals surface area contributed by atoms with E-state index in [2.05, 4.69) is 49.3 Å². The molecule has 2 aliphatic rings. The van der Waals surface area contributed by atoms with E-state index in [0.29, 0.717) is 0 Å². The molecule has 0 atom stereocenters. The molecular formula is C24H33N3. The zero-order chi connectivity index (χ0) is 18.8. The van der Waals surface area contributed by atoms with Crippen molar-refractivity contribution in [1.29, 1.82) is 0 Å². The lowest BCUT2D eigenvalue weighted by Gasteiger charge is -2.29. The number of benzene rings is 1. The van der Waals surface area contributed by atoms with E-state index in [1.807, 2.05) is 6.20 Å². The van der Waals surface area contributed by atoms with Crippen molar-refractivity contribution in [3.8, 4) is 11.1 Å². The van der Waals surface area contributed by atoms with Gasteiger partial charge in [-0.05, 0) is 107 Å². The first-order valence-electron chi connectivity index (χ1n) is 10.7. The van der Waals surface area contributed by atoms with Gasteiger partial charge in [-0.1, -0.05) is 12.1 Å². The van der Waals surface area contributed by atoms with Crippen LogP contribution < -0.4 is 5.32 Å². The van der Waals surface area contributed by atoms with Crippen LogP contribution in [0.15, 0.2) is 24.4 Å². The van der Waals surface area contributed by atoms with Crippen molar-refractivity contribution in [2.75, 3.05) is 32.0 Å². The Morgan fingerprint density at radius 3 is 2.70 bits per heavy atom. The number of rotatable bonds is 5. The SMILES string of the molecule is CCNc1c(-c2ccnc(CC3CCN(C)CC3)c2C)ccc2c1CCC2. The van der Waals surface area contributed by atoms with Gasteiger partial charge in [0.05, 0.1) is 0 Å². The van der Waals surface area contributed by atoms with Crippen molar-refractivity contribution >= 4 is 5.69 Å². The molecule has 1 saturated heterocycles. The minimum Gasteiger partial charge on any atom is -0.385 e. The number of hydrogen-bond donors (Lipinski definition) is 1. The first-order valence-corrected chi connectivity index (χ1v) is 10.7. The van der Waals surface area contributed by atoms with Crippen LogP contribution >= 0.6 is 0 Å². The number of nitrogens with one attached hydrogen (secondary N) is 1. The molecule has 1 aromatic heterocycles. The Labute approximate surface area is 164 Å². The highest BCUT2D eigenvalue weighted by atomic mass is 15.1. The average molecular weight is 364 g/mol. The van der Waals surface area contributed by atoms with E-state index in [1.54, 1.807) is 5.56 Å². The summed E-state index contributed by atoms with van der Waals surface area (Å²) in [6, 6.07) is 6.91. The van der Waals surface area contributed by atoms with Crippen LogP contribution in [-0.2, 0) is 19.3 Å². The molecule has 3 heteroatoms. The van der Waals surface area contributed by atoms with Crippen molar-refractivity contribution < 1.29 is 0 Å². The Morgan fingerprint density at radius 1 is 1.11 bits per heavy atom. The Balaban J connectivity index is 1.67. The molecule has 0 unspecified atom stereocenters.